The minimum Gasteiger partial charge on any atom is -0.493 e. The fraction of sp³-hybridized carbons (Fsp3) is 0.192. The zero-order chi connectivity index (χ0) is 22.1. The number of amides is 1. The zero-order valence-electron chi connectivity index (χ0n) is 18.3. The second-order valence-corrected chi connectivity index (χ2v) is 7.22. The summed E-state index contributed by atoms with van der Waals surface area (Å²) >= 11 is 0. The van der Waals surface area contributed by atoms with Crippen molar-refractivity contribution in [1.82, 2.24) is 0 Å². The number of aryl methyl sites for hydroxylation is 1. The van der Waals surface area contributed by atoms with Gasteiger partial charge in [0.25, 0.3) is 0 Å². The molecule has 0 aromatic heterocycles. The van der Waals surface area contributed by atoms with Crippen molar-refractivity contribution in [2.45, 2.75) is 13.3 Å². The number of hydrogen-bond donors (Lipinski definition) is 2. The second-order valence-electron chi connectivity index (χ2n) is 7.22. The Kier molecular flexibility index (Phi) is 9.79. The van der Waals surface area contributed by atoms with Gasteiger partial charge in [-0.15, -0.1) is 12.4 Å². The first-order chi connectivity index (χ1) is 15.1. The monoisotopic (exact) mass is 452 g/mol. The van der Waals surface area contributed by atoms with E-state index in [1.54, 1.807) is 13.2 Å². The molecule has 3 N–H and O–H groups in total. The van der Waals surface area contributed by atoms with Crippen LogP contribution in [0.15, 0.2) is 66.7 Å². The van der Waals surface area contributed by atoms with E-state index in [1.807, 2.05) is 48.5 Å². The van der Waals surface area contributed by atoms with Crippen molar-refractivity contribution < 1.29 is 14.3 Å². The van der Waals surface area contributed by atoms with Crippen molar-refractivity contribution in [3.8, 4) is 11.5 Å². The standard InChI is InChI=1S/C26H28N2O3.ClH/c1-19-5-3-6-20(15-19)9-10-21-7-4-8-23(16-21)28-26(29)18-22-11-12-24(31-14-13-27)25(17-22)30-2;/h3-12,15-17H,13-14,18,27H2,1-2H3,(H,28,29);1H. The average molecular weight is 453 g/mol. The Morgan fingerprint density at radius 3 is 2.38 bits per heavy atom. The molecule has 0 spiro atoms. The van der Waals surface area contributed by atoms with Crippen LogP contribution in [0.5, 0.6) is 11.5 Å². The Balaban J connectivity index is 0.00000363. The van der Waals surface area contributed by atoms with E-state index in [0.29, 0.717) is 24.7 Å². The second kappa shape index (κ2) is 12.5. The van der Waals surface area contributed by atoms with Gasteiger partial charge in [-0.2, -0.15) is 0 Å². The molecule has 0 atom stereocenters. The number of carbonyl (C=O) groups excluding carboxylic acids is 1. The fourth-order valence-corrected chi connectivity index (χ4v) is 3.19. The predicted molar refractivity (Wildman–Crippen MR) is 134 cm³/mol. The molecule has 32 heavy (non-hydrogen) atoms. The third-order valence-electron chi connectivity index (χ3n) is 4.65. The number of methoxy groups -OCH3 is 1. The van der Waals surface area contributed by atoms with Crippen molar-refractivity contribution in [1.29, 1.82) is 0 Å². The highest BCUT2D eigenvalue weighted by molar-refractivity contribution is 5.92. The lowest BCUT2D eigenvalue weighted by Gasteiger charge is -2.12. The van der Waals surface area contributed by atoms with Crippen LogP contribution >= 0.6 is 12.4 Å². The molecule has 0 saturated heterocycles. The van der Waals surface area contributed by atoms with Gasteiger partial charge in [0.15, 0.2) is 11.5 Å². The lowest BCUT2D eigenvalue weighted by molar-refractivity contribution is -0.115. The molecule has 6 heteroatoms. The molecule has 0 aliphatic heterocycles. The van der Waals surface area contributed by atoms with Gasteiger partial charge in [0, 0.05) is 12.2 Å². The topological polar surface area (TPSA) is 73.6 Å². The van der Waals surface area contributed by atoms with Gasteiger partial charge in [0.1, 0.15) is 6.61 Å². The van der Waals surface area contributed by atoms with Crippen LogP contribution in [-0.4, -0.2) is 26.2 Å². The number of carbonyl (C=O) groups is 1. The van der Waals surface area contributed by atoms with E-state index >= 15 is 0 Å². The minimum atomic E-state index is -0.0995. The molecular formula is C26H29ClN2O3. The van der Waals surface area contributed by atoms with Gasteiger partial charge in [0.05, 0.1) is 13.5 Å². The van der Waals surface area contributed by atoms with Crippen LogP contribution in [0.4, 0.5) is 5.69 Å². The molecule has 0 heterocycles. The molecular weight excluding hydrogens is 424 g/mol. The zero-order valence-corrected chi connectivity index (χ0v) is 19.2. The van der Waals surface area contributed by atoms with Crippen LogP contribution in [0.25, 0.3) is 12.2 Å². The lowest BCUT2D eigenvalue weighted by atomic mass is 10.1. The fourth-order valence-electron chi connectivity index (χ4n) is 3.19. The minimum absolute atomic E-state index is 0. The number of nitrogens with two attached hydrogens (primary N) is 1. The summed E-state index contributed by atoms with van der Waals surface area (Å²) in [5, 5.41) is 2.96. The molecule has 0 unspecified atom stereocenters. The SMILES string of the molecule is COc1cc(CC(=O)Nc2cccc(C=Cc3cccc(C)c3)c2)ccc1OCCN.Cl. The molecule has 0 fully saturated rings. The molecule has 168 valence electrons. The third kappa shape index (κ3) is 7.45. The maximum Gasteiger partial charge on any atom is 0.228 e. The van der Waals surface area contributed by atoms with Crippen LogP contribution in [0.1, 0.15) is 22.3 Å². The normalized spacial score (nSPS) is 10.5. The molecule has 3 aromatic carbocycles. The molecule has 3 aromatic rings. The number of anilines is 1. The Morgan fingerprint density at radius 1 is 0.969 bits per heavy atom. The summed E-state index contributed by atoms with van der Waals surface area (Å²) in [6, 6.07) is 21.5. The van der Waals surface area contributed by atoms with E-state index in [2.05, 4.69) is 36.5 Å². The molecule has 0 saturated carbocycles. The number of benzene rings is 3. The number of halogens is 1. The number of ether oxygens (including phenoxy) is 2. The maximum absolute atomic E-state index is 12.5. The van der Waals surface area contributed by atoms with Crippen LogP contribution in [0.2, 0.25) is 0 Å². The summed E-state index contributed by atoms with van der Waals surface area (Å²) in [5.74, 6) is 1.10. The highest BCUT2D eigenvalue weighted by atomic mass is 35.5. The van der Waals surface area contributed by atoms with Crippen LogP contribution in [0, 0.1) is 6.92 Å². The Hall–Kier alpha value is -3.28. The average Bonchev–Trinajstić information content (AvgIpc) is 2.77. The van der Waals surface area contributed by atoms with Crippen molar-refractivity contribution in [2.75, 3.05) is 25.6 Å². The molecule has 5 nitrogen and oxygen atoms in total. The largest absolute Gasteiger partial charge is 0.493 e. The van der Waals surface area contributed by atoms with E-state index < -0.39 is 0 Å². The first-order valence-electron chi connectivity index (χ1n) is 10.2. The molecule has 3 rings (SSSR count). The van der Waals surface area contributed by atoms with E-state index in [9.17, 15) is 4.79 Å². The van der Waals surface area contributed by atoms with Gasteiger partial charge in [-0.05, 0) is 47.9 Å². The molecule has 0 aliphatic carbocycles. The molecule has 0 aliphatic rings. The third-order valence-corrected chi connectivity index (χ3v) is 4.65. The lowest BCUT2D eigenvalue weighted by Crippen LogP contribution is -2.14. The van der Waals surface area contributed by atoms with Gasteiger partial charge in [-0.1, -0.05) is 60.2 Å². The first-order valence-corrected chi connectivity index (χ1v) is 10.2. The summed E-state index contributed by atoms with van der Waals surface area (Å²) in [4.78, 5) is 12.5. The van der Waals surface area contributed by atoms with E-state index in [0.717, 1.165) is 22.4 Å². The van der Waals surface area contributed by atoms with Crippen molar-refractivity contribution in [3.05, 3.63) is 89.0 Å². The summed E-state index contributed by atoms with van der Waals surface area (Å²) in [6.07, 6.45) is 4.33. The maximum atomic E-state index is 12.5. The van der Waals surface area contributed by atoms with Crippen molar-refractivity contribution in [3.63, 3.8) is 0 Å². The number of nitrogens with one attached hydrogen (secondary N) is 1. The number of rotatable bonds is 9. The van der Waals surface area contributed by atoms with Gasteiger partial charge < -0.3 is 20.5 Å². The van der Waals surface area contributed by atoms with Crippen LogP contribution in [-0.2, 0) is 11.2 Å². The van der Waals surface area contributed by atoms with Gasteiger partial charge in [-0.3, -0.25) is 4.79 Å². The Labute approximate surface area is 195 Å². The molecule has 1 amide bonds. The molecule has 0 radical (unpaired) electrons. The summed E-state index contributed by atoms with van der Waals surface area (Å²) in [6.45, 7) is 2.90. The van der Waals surface area contributed by atoms with Gasteiger partial charge >= 0.3 is 0 Å². The number of hydrogen-bond acceptors (Lipinski definition) is 4. The highest BCUT2D eigenvalue weighted by Gasteiger charge is 2.09. The van der Waals surface area contributed by atoms with E-state index in [1.165, 1.54) is 5.56 Å². The quantitative estimate of drug-likeness (QED) is 0.442. The Bertz CT molecular complexity index is 1070. The summed E-state index contributed by atoms with van der Waals surface area (Å²) in [7, 11) is 1.57. The van der Waals surface area contributed by atoms with E-state index in [-0.39, 0.29) is 24.7 Å². The van der Waals surface area contributed by atoms with Gasteiger partial charge in [-0.25, -0.2) is 0 Å². The predicted octanol–water partition coefficient (Wildman–Crippen LogP) is 5.11. The van der Waals surface area contributed by atoms with Crippen LogP contribution in [0.3, 0.4) is 0 Å². The van der Waals surface area contributed by atoms with Crippen molar-refractivity contribution in [2.24, 2.45) is 5.73 Å². The summed E-state index contributed by atoms with van der Waals surface area (Å²) < 4.78 is 10.9. The van der Waals surface area contributed by atoms with Crippen molar-refractivity contribution >= 4 is 36.2 Å². The first kappa shape index (κ1) is 25.0. The van der Waals surface area contributed by atoms with Gasteiger partial charge in [0.2, 0.25) is 5.91 Å². The smallest absolute Gasteiger partial charge is 0.228 e. The Morgan fingerprint density at radius 2 is 1.69 bits per heavy atom. The van der Waals surface area contributed by atoms with E-state index in [4.69, 9.17) is 15.2 Å². The highest BCUT2D eigenvalue weighted by Crippen LogP contribution is 2.28. The summed E-state index contributed by atoms with van der Waals surface area (Å²) in [5.41, 5.74) is 10.5. The van der Waals surface area contributed by atoms with Crippen LogP contribution < -0.4 is 20.5 Å². The molecule has 0 bridgehead atoms.